The lowest BCUT2D eigenvalue weighted by atomic mass is 9.99. The number of para-hydroxylation sites is 1. The van der Waals surface area contributed by atoms with Crippen molar-refractivity contribution in [2.24, 2.45) is 0 Å². The SMILES string of the molecule is Cc1cc(NN(O)C2CCCCN2C(=O)CCN(C)C(=O)OC(C)(C)C)ccc1-c1ccccc1OC(F)(F)F. The summed E-state index contributed by atoms with van der Waals surface area (Å²) in [7, 11) is 1.56. The van der Waals surface area contributed by atoms with Crippen molar-refractivity contribution in [1.29, 1.82) is 0 Å². The highest BCUT2D eigenvalue weighted by atomic mass is 19.4. The minimum atomic E-state index is -4.82. The molecule has 12 heteroatoms. The van der Waals surface area contributed by atoms with Gasteiger partial charge in [-0.15, -0.1) is 13.2 Å². The van der Waals surface area contributed by atoms with E-state index in [1.165, 1.54) is 17.0 Å². The van der Waals surface area contributed by atoms with E-state index in [0.717, 1.165) is 18.0 Å². The lowest BCUT2D eigenvalue weighted by molar-refractivity contribution is -0.274. The molecule has 1 fully saturated rings. The Kier molecular flexibility index (Phi) is 9.91. The second-order valence-electron chi connectivity index (χ2n) is 10.7. The highest BCUT2D eigenvalue weighted by Gasteiger charge is 2.33. The second kappa shape index (κ2) is 12.8. The molecule has 1 heterocycles. The van der Waals surface area contributed by atoms with E-state index < -0.39 is 24.2 Å². The number of piperidine rings is 1. The number of ether oxygens (including phenoxy) is 2. The van der Waals surface area contributed by atoms with Gasteiger partial charge in [-0.3, -0.25) is 15.4 Å². The molecule has 9 nitrogen and oxygen atoms in total. The predicted octanol–water partition coefficient (Wildman–Crippen LogP) is 6.17. The molecule has 2 amide bonds. The minimum absolute atomic E-state index is 0.0628. The van der Waals surface area contributed by atoms with Crippen LogP contribution in [0.3, 0.4) is 0 Å². The molecule has 40 heavy (non-hydrogen) atoms. The van der Waals surface area contributed by atoms with Crippen molar-refractivity contribution in [3.63, 3.8) is 0 Å². The van der Waals surface area contributed by atoms with Crippen LogP contribution in [0, 0.1) is 6.92 Å². The van der Waals surface area contributed by atoms with Crippen LogP contribution in [-0.2, 0) is 9.53 Å². The van der Waals surface area contributed by atoms with Crippen LogP contribution in [0.1, 0.15) is 52.0 Å². The Labute approximate surface area is 232 Å². The van der Waals surface area contributed by atoms with E-state index in [2.05, 4.69) is 10.2 Å². The van der Waals surface area contributed by atoms with Crippen LogP contribution in [0.25, 0.3) is 11.1 Å². The minimum Gasteiger partial charge on any atom is -0.444 e. The fraction of sp³-hybridized carbons (Fsp3) is 0.500. The van der Waals surface area contributed by atoms with E-state index in [9.17, 15) is 28.0 Å². The van der Waals surface area contributed by atoms with Gasteiger partial charge >= 0.3 is 12.5 Å². The first-order valence-corrected chi connectivity index (χ1v) is 13.1. The smallest absolute Gasteiger partial charge is 0.444 e. The van der Waals surface area contributed by atoms with Crippen molar-refractivity contribution < 1.29 is 37.4 Å². The summed E-state index contributed by atoms with van der Waals surface area (Å²) >= 11 is 0. The van der Waals surface area contributed by atoms with Gasteiger partial charge in [0.2, 0.25) is 5.91 Å². The van der Waals surface area contributed by atoms with Crippen LogP contribution in [-0.4, -0.2) is 70.4 Å². The average molecular weight is 567 g/mol. The topological polar surface area (TPSA) is 94.6 Å². The lowest BCUT2D eigenvalue weighted by Gasteiger charge is -2.40. The molecular formula is C28H37F3N4O5. The third-order valence-electron chi connectivity index (χ3n) is 6.31. The van der Waals surface area contributed by atoms with Crippen LogP contribution >= 0.6 is 0 Å². The van der Waals surface area contributed by atoms with E-state index in [1.807, 2.05) is 0 Å². The maximum absolute atomic E-state index is 13.1. The summed E-state index contributed by atoms with van der Waals surface area (Å²) in [6.45, 7) is 7.65. The number of hydrogen-bond donors (Lipinski definition) is 2. The zero-order valence-electron chi connectivity index (χ0n) is 23.4. The van der Waals surface area contributed by atoms with Gasteiger partial charge in [0, 0.05) is 32.1 Å². The van der Waals surface area contributed by atoms with Gasteiger partial charge < -0.3 is 19.3 Å². The molecule has 0 spiro atoms. The number of amides is 2. The molecule has 0 aromatic heterocycles. The number of alkyl halides is 3. The Hall–Kier alpha value is -3.51. The third-order valence-corrected chi connectivity index (χ3v) is 6.31. The number of halogens is 3. The van der Waals surface area contributed by atoms with Gasteiger partial charge in [-0.25, -0.2) is 4.79 Å². The van der Waals surface area contributed by atoms with Gasteiger partial charge in [0.05, 0.1) is 5.69 Å². The zero-order valence-corrected chi connectivity index (χ0v) is 23.4. The summed E-state index contributed by atoms with van der Waals surface area (Å²) in [5.41, 5.74) is 4.19. The number of nitrogens with zero attached hydrogens (tertiary/aromatic N) is 3. The van der Waals surface area contributed by atoms with Crippen LogP contribution < -0.4 is 10.2 Å². The van der Waals surface area contributed by atoms with E-state index in [1.54, 1.807) is 70.0 Å². The van der Waals surface area contributed by atoms with Crippen molar-refractivity contribution in [3.05, 3.63) is 48.0 Å². The second-order valence-corrected chi connectivity index (χ2v) is 10.7. The Morgan fingerprint density at radius 3 is 2.45 bits per heavy atom. The molecule has 2 aromatic carbocycles. The molecule has 1 saturated heterocycles. The summed E-state index contributed by atoms with van der Waals surface area (Å²) in [5, 5.41) is 11.8. The number of anilines is 1. The highest BCUT2D eigenvalue weighted by Crippen LogP contribution is 2.36. The predicted molar refractivity (Wildman–Crippen MR) is 143 cm³/mol. The number of nitrogens with one attached hydrogen (secondary N) is 1. The van der Waals surface area contributed by atoms with E-state index in [-0.39, 0.29) is 30.2 Å². The fourth-order valence-electron chi connectivity index (χ4n) is 4.44. The Balaban J connectivity index is 1.67. The van der Waals surface area contributed by atoms with Crippen molar-refractivity contribution in [1.82, 2.24) is 15.0 Å². The van der Waals surface area contributed by atoms with Crippen LogP contribution in [0.5, 0.6) is 5.75 Å². The summed E-state index contributed by atoms with van der Waals surface area (Å²) in [4.78, 5) is 28.2. The van der Waals surface area contributed by atoms with Crippen molar-refractivity contribution in [3.8, 4) is 16.9 Å². The number of hydrogen-bond acceptors (Lipinski definition) is 7. The van der Waals surface area contributed by atoms with Crippen LogP contribution in [0.2, 0.25) is 0 Å². The van der Waals surface area contributed by atoms with E-state index in [0.29, 0.717) is 29.8 Å². The van der Waals surface area contributed by atoms with Crippen LogP contribution in [0.4, 0.5) is 23.7 Å². The molecule has 1 unspecified atom stereocenters. The number of hydrazine groups is 1. The maximum Gasteiger partial charge on any atom is 0.573 e. The molecule has 3 rings (SSSR count). The van der Waals surface area contributed by atoms with Crippen LogP contribution in [0.15, 0.2) is 42.5 Å². The summed E-state index contributed by atoms with van der Waals surface area (Å²) in [6, 6.07) is 10.8. The van der Waals surface area contributed by atoms with Crippen molar-refractivity contribution in [2.45, 2.75) is 71.5 Å². The van der Waals surface area contributed by atoms with Gasteiger partial charge in [-0.1, -0.05) is 29.4 Å². The highest BCUT2D eigenvalue weighted by molar-refractivity contribution is 5.78. The molecule has 1 aliphatic rings. The third kappa shape index (κ3) is 8.75. The Bertz CT molecular complexity index is 1190. The number of hydroxylamine groups is 1. The average Bonchev–Trinajstić information content (AvgIpc) is 2.85. The van der Waals surface area contributed by atoms with Gasteiger partial charge in [0.1, 0.15) is 17.5 Å². The number of aryl methyl sites for hydroxylation is 1. The summed E-state index contributed by atoms with van der Waals surface area (Å²) in [5.74, 6) is -0.523. The zero-order chi connectivity index (χ0) is 29.7. The molecule has 220 valence electrons. The normalized spacial score (nSPS) is 16.1. The van der Waals surface area contributed by atoms with E-state index >= 15 is 0 Å². The first-order valence-electron chi connectivity index (χ1n) is 13.1. The molecule has 0 saturated carbocycles. The molecule has 2 N–H and O–H groups in total. The Morgan fingerprint density at radius 1 is 1.10 bits per heavy atom. The monoisotopic (exact) mass is 566 g/mol. The molecule has 1 atom stereocenters. The van der Waals surface area contributed by atoms with Gasteiger partial charge in [-0.2, -0.15) is 0 Å². The number of carbonyl (C=O) groups is 2. The number of rotatable bonds is 8. The van der Waals surface area contributed by atoms with E-state index in [4.69, 9.17) is 4.74 Å². The molecular weight excluding hydrogens is 529 g/mol. The van der Waals surface area contributed by atoms with Crippen molar-refractivity contribution >= 4 is 17.7 Å². The van der Waals surface area contributed by atoms with Gasteiger partial charge in [-0.05, 0) is 76.3 Å². The molecule has 0 bridgehead atoms. The van der Waals surface area contributed by atoms with Gasteiger partial charge in [0.15, 0.2) is 0 Å². The molecule has 1 aliphatic heterocycles. The molecule has 2 aromatic rings. The molecule has 0 aliphatic carbocycles. The standard InChI is InChI=1S/C28H37F3N4O5/c1-19-18-20(13-14-21(19)22-10-6-7-11-23(22)39-28(29,30)31)32-35(38)24-12-8-9-16-34(24)25(36)15-17-33(5)26(37)40-27(2,3)4/h6-7,10-11,13-14,18,24,32,38H,8-9,12,15-17H2,1-5H3. The first kappa shape index (κ1) is 31.0. The first-order chi connectivity index (χ1) is 18.6. The quantitative estimate of drug-likeness (QED) is 0.369. The largest absolute Gasteiger partial charge is 0.573 e. The number of carbonyl (C=O) groups excluding carboxylic acids is 2. The fourth-order valence-corrected chi connectivity index (χ4v) is 4.44. The number of benzene rings is 2. The van der Waals surface area contributed by atoms with Gasteiger partial charge in [0.25, 0.3) is 0 Å². The number of likely N-dealkylation sites (tertiary alicyclic amines) is 1. The lowest BCUT2D eigenvalue weighted by Crippen LogP contribution is -2.54. The summed E-state index contributed by atoms with van der Waals surface area (Å²) in [6.07, 6.45) is -3.81. The maximum atomic E-state index is 13.1. The van der Waals surface area contributed by atoms with Crippen molar-refractivity contribution in [2.75, 3.05) is 25.6 Å². The summed E-state index contributed by atoms with van der Waals surface area (Å²) < 4.78 is 48.1. The Morgan fingerprint density at radius 2 is 1.80 bits per heavy atom. The molecule has 0 radical (unpaired) electrons.